The summed E-state index contributed by atoms with van der Waals surface area (Å²) in [6.45, 7) is 0. The van der Waals surface area contributed by atoms with Gasteiger partial charge >= 0.3 is 0 Å². The normalized spacial score (nSPS) is 23.2. The molecule has 7 heteroatoms. The molecule has 0 aromatic heterocycles. The van der Waals surface area contributed by atoms with Gasteiger partial charge in [0.15, 0.2) is 6.10 Å². The molecule has 0 aliphatic carbocycles. The van der Waals surface area contributed by atoms with Gasteiger partial charge in [-0.2, -0.15) is 0 Å². The third-order valence-corrected chi connectivity index (χ3v) is 6.12. The average Bonchev–Trinajstić information content (AvgIpc) is 3.26. The van der Waals surface area contributed by atoms with Crippen molar-refractivity contribution in [1.29, 1.82) is 0 Å². The van der Waals surface area contributed by atoms with E-state index in [1.54, 1.807) is 47.5 Å². The number of anilines is 2. The van der Waals surface area contributed by atoms with Crippen LogP contribution in [0.5, 0.6) is 5.75 Å². The van der Waals surface area contributed by atoms with Crippen molar-refractivity contribution in [3.63, 3.8) is 0 Å². The lowest BCUT2D eigenvalue weighted by Crippen LogP contribution is -2.37. The van der Waals surface area contributed by atoms with Crippen LogP contribution in [-0.4, -0.2) is 23.0 Å². The summed E-state index contributed by atoms with van der Waals surface area (Å²) < 4.78 is 0.660. The highest BCUT2D eigenvalue weighted by Crippen LogP contribution is 2.48. The second kappa shape index (κ2) is 7.27. The highest BCUT2D eigenvalue weighted by molar-refractivity contribution is 9.10. The molecule has 2 aliphatic rings. The number of phenols is 1. The summed E-state index contributed by atoms with van der Waals surface area (Å²) in [5.41, 5.74) is 2.03. The Hall–Kier alpha value is -3.16. The van der Waals surface area contributed by atoms with Crippen molar-refractivity contribution >= 4 is 39.1 Å². The van der Waals surface area contributed by atoms with Crippen LogP contribution >= 0.6 is 15.9 Å². The fraction of sp³-hybridized carbons (Fsp3) is 0.130. The quantitative estimate of drug-likeness (QED) is 0.588. The van der Waals surface area contributed by atoms with Crippen molar-refractivity contribution in [3.05, 3.63) is 88.9 Å². The summed E-state index contributed by atoms with van der Waals surface area (Å²) in [4.78, 5) is 34.0. The van der Waals surface area contributed by atoms with Gasteiger partial charge in [-0.15, -0.1) is 0 Å². The number of hydroxylamine groups is 1. The summed E-state index contributed by atoms with van der Waals surface area (Å²) in [6, 6.07) is 22.6. The molecule has 0 saturated carbocycles. The van der Waals surface area contributed by atoms with Crippen LogP contribution in [0, 0.1) is 5.92 Å². The number of fused-ring (bicyclic) bond motifs is 1. The number of rotatable bonds is 3. The van der Waals surface area contributed by atoms with E-state index in [0.29, 0.717) is 10.2 Å². The summed E-state index contributed by atoms with van der Waals surface area (Å²) in [6.07, 6.45) is -0.927. The molecule has 6 nitrogen and oxygen atoms in total. The van der Waals surface area contributed by atoms with Gasteiger partial charge in [0.2, 0.25) is 5.91 Å². The van der Waals surface area contributed by atoms with Crippen molar-refractivity contribution in [2.24, 2.45) is 5.92 Å². The Balaban J connectivity index is 1.60. The topological polar surface area (TPSA) is 70.1 Å². The Morgan fingerprint density at radius 2 is 1.50 bits per heavy atom. The average molecular weight is 465 g/mol. The molecule has 3 unspecified atom stereocenters. The molecule has 0 bridgehead atoms. The highest BCUT2D eigenvalue weighted by atomic mass is 79.9. The minimum atomic E-state index is -0.927. The Bertz CT molecular complexity index is 1120. The number of hydrogen-bond donors (Lipinski definition) is 1. The number of carbonyl (C=O) groups is 2. The van der Waals surface area contributed by atoms with Crippen LogP contribution in [0.4, 0.5) is 11.4 Å². The van der Waals surface area contributed by atoms with Crippen LogP contribution in [-0.2, 0) is 14.4 Å². The molecule has 3 atom stereocenters. The lowest BCUT2D eigenvalue weighted by atomic mass is 9.90. The van der Waals surface area contributed by atoms with E-state index < -0.39 is 18.1 Å². The highest BCUT2D eigenvalue weighted by Gasteiger charge is 2.60. The van der Waals surface area contributed by atoms with Crippen molar-refractivity contribution < 1.29 is 19.5 Å². The number of halogens is 1. The molecule has 0 spiro atoms. The predicted molar refractivity (Wildman–Crippen MR) is 115 cm³/mol. The van der Waals surface area contributed by atoms with E-state index in [1.165, 1.54) is 4.90 Å². The van der Waals surface area contributed by atoms with E-state index >= 15 is 0 Å². The number of nitrogens with zero attached hydrogens (tertiary/aromatic N) is 2. The Morgan fingerprint density at radius 1 is 0.833 bits per heavy atom. The van der Waals surface area contributed by atoms with Gasteiger partial charge < -0.3 is 5.11 Å². The first-order chi connectivity index (χ1) is 14.6. The van der Waals surface area contributed by atoms with E-state index in [0.717, 1.165) is 11.3 Å². The lowest BCUT2D eigenvalue weighted by Gasteiger charge is -2.29. The molecule has 30 heavy (non-hydrogen) atoms. The maximum absolute atomic E-state index is 13.5. The fourth-order valence-electron chi connectivity index (χ4n) is 4.09. The van der Waals surface area contributed by atoms with Crippen LogP contribution < -0.4 is 9.96 Å². The molecule has 0 radical (unpaired) electrons. The zero-order chi connectivity index (χ0) is 20.8. The zero-order valence-electron chi connectivity index (χ0n) is 15.7. The van der Waals surface area contributed by atoms with E-state index in [2.05, 4.69) is 15.9 Å². The molecular weight excluding hydrogens is 448 g/mol. The number of benzene rings is 3. The standard InChI is InChI=1S/C23H17BrN2O4/c24-17-8-4-5-9-18(17)25-22(28)19-20(14-10-12-16(27)13-11-14)26(30-21(19)23(25)29)15-6-2-1-3-7-15/h1-13,19-21,27H. The van der Waals surface area contributed by atoms with Gasteiger partial charge in [0.1, 0.15) is 11.7 Å². The minimum absolute atomic E-state index is 0.129. The summed E-state index contributed by atoms with van der Waals surface area (Å²) in [7, 11) is 0. The molecule has 3 aromatic rings. The first-order valence-corrected chi connectivity index (χ1v) is 10.3. The molecule has 1 N–H and O–H groups in total. The number of hydrogen-bond acceptors (Lipinski definition) is 5. The van der Waals surface area contributed by atoms with Gasteiger partial charge in [-0.3, -0.25) is 14.4 Å². The first-order valence-electron chi connectivity index (χ1n) is 9.48. The summed E-state index contributed by atoms with van der Waals surface area (Å²) in [5.74, 6) is -1.29. The van der Waals surface area contributed by atoms with Crippen LogP contribution in [0.1, 0.15) is 11.6 Å². The molecule has 2 saturated heterocycles. The van der Waals surface area contributed by atoms with Crippen molar-refractivity contribution in [3.8, 4) is 5.75 Å². The number of aromatic hydroxyl groups is 1. The van der Waals surface area contributed by atoms with Crippen LogP contribution in [0.3, 0.4) is 0 Å². The lowest BCUT2D eigenvalue weighted by molar-refractivity contribution is -0.126. The number of carbonyl (C=O) groups excluding carboxylic acids is 2. The smallest absolute Gasteiger partial charge is 0.266 e. The number of para-hydroxylation sites is 2. The van der Waals surface area contributed by atoms with Gasteiger partial charge in [-0.25, -0.2) is 9.96 Å². The van der Waals surface area contributed by atoms with Crippen LogP contribution in [0.15, 0.2) is 83.3 Å². The number of amides is 2. The minimum Gasteiger partial charge on any atom is -0.508 e. The molecule has 3 aromatic carbocycles. The number of phenolic OH excluding ortho intramolecular Hbond substituents is 1. The third-order valence-electron chi connectivity index (χ3n) is 5.45. The van der Waals surface area contributed by atoms with Crippen LogP contribution in [0.2, 0.25) is 0 Å². The van der Waals surface area contributed by atoms with Gasteiger partial charge in [0.05, 0.1) is 17.4 Å². The molecule has 2 fully saturated rings. The maximum atomic E-state index is 13.5. The van der Waals surface area contributed by atoms with E-state index in [-0.39, 0.29) is 17.6 Å². The molecule has 2 heterocycles. The van der Waals surface area contributed by atoms with E-state index in [4.69, 9.17) is 4.84 Å². The van der Waals surface area contributed by atoms with Gasteiger partial charge in [0, 0.05) is 4.47 Å². The van der Waals surface area contributed by atoms with Crippen molar-refractivity contribution in [2.75, 3.05) is 9.96 Å². The third kappa shape index (κ3) is 2.89. The maximum Gasteiger partial charge on any atom is 0.266 e. The second-order valence-electron chi connectivity index (χ2n) is 7.21. The Kier molecular flexibility index (Phi) is 4.56. The monoisotopic (exact) mass is 464 g/mol. The Labute approximate surface area is 181 Å². The van der Waals surface area contributed by atoms with E-state index in [9.17, 15) is 14.7 Å². The Morgan fingerprint density at radius 3 is 2.20 bits per heavy atom. The summed E-state index contributed by atoms with van der Waals surface area (Å²) >= 11 is 3.43. The molecule has 2 amide bonds. The molecular formula is C23H17BrN2O4. The van der Waals surface area contributed by atoms with E-state index in [1.807, 2.05) is 36.4 Å². The van der Waals surface area contributed by atoms with Crippen LogP contribution in [0.25, 0.3) is 0 Å². The SMILES string of the molecule is O=C1C2ON(c3ccccc3)C(c3ccc(O)cc3)C2C(=O)N1c1ccccc1Br. The predicted octanol–water partition coefficient (Wildman–Crippen LogP) is 4.21. The first kappa shape index (κ1) is 18.8. The fourth-order valence-corrected chi connectivity index (χ4v) is 4.56. The molecule has 150 valence electrons. The van der Waals surface area contributed by atoms with Gasteiger partial charge in [0.25, 0.3) is 5.91 Å². The molecule has 2 aliphatic heterocycles. The zero-order valence-corrected chi connectivity index (χ0v) is 17.3. The van der Waals surface area contributed by atoms with Crippen molar-refractivity contribution in [2.45, 2.75) is 12.1 Å². The van der Waals surface area contributed by atoms with Crippen molar-refractivity contribution in [1.82, 2.24) is 0 Å². The van der Waals surface area contributed by atoms with Gasteiger partial charge in [-0.1, -0.05) is 42.5 Å². The second-order valence-corrected chi connectivity index (χ2v) is 8.07. The number of imide groups is 1. The largest absolute Gasteiger partial charge is 0.508 e. The van der Waals surface area contributed by atoms with Gasteiger partial charge in [-0.05, 0) is 57.9 Å². The summed E-state index contributed by atoms with van der Waals surface area (Å²) in [5, 5.41) is 11.3. The molecule has 5 rings (SSSR count).